The molecule has 336 valence electrons. The molecule has 5 nitrogen and oxygen atoms in total. The minimum atomic E-state index is 0.607. The van der Waals surface area contributed by atoms with Crippen molar-refractivity contribution in [1.82, 2.24) is 24.1 Å². The van der Waals surface area contributed by atoms with Crippen LogP contribution in [0.4, 0.5) is 0 Å². The van der Waals surface area contributed by atoms with Gasteiger partial charge in [-0.05, 0) is 75.7 Å². The van der Waals surface area contributed by atoms with Crippen molar-refractivity contribution in [2.45, 2.75) is 0 Å². The van der Waals surface area contributed by atoms with Crippen molar-refractivity contribution in [2.75, 3.05) is 0 Å². The number of benzene rings is 11. The van der Waals surface area contributed by atoms with E-state index in [-0.39, 0.29) is 0 Å². The van der Waals surface area contributed by atoms with Crippen molar-refractivity contribution in [3.05, 3.63) is 261 Å². The number of nitrogens with zero attached hydrogens (tertiary/aromatic N) is 5. The summed E-state index contributed by atoms with van der Waals surface area (Å²) in [6, 6.07) is 93.0. The maximum atomic E-state index is 5.24. The SMILES string of the molecule is c1ccc(-c2cccc(-c3nc(-c4ccccc4)nc(-c4cccc(-n5c6c(-c7ccc(-c8ccc(-n9c%10ccccc%10c%10ccccc%109)cc8)cc7)cccc6c6ccc7ccccc7c65)c4)n3)c2)cc1. The molecule has 0 bridgehead atoms. The van der Waals surface area contributed by atoms with Gasteiger partial charge < -0.3 is 9.13 Å². The van der Waals surface area contributed by atoms with E-state index in [1.165, 1.54) is 48.9 Å². The smallest absolute Gasteiger partial charge is 0.164 e. The third kappa shape index (κ3) is 6.98. The van der Waals surface area contributed by atoms with Crippen molar-refractivity contribution in [3.63, 3.8) is 0 Å². The molecule has 5 heteroatoms. The van der Waals surface area contributed by atoms with E-state index in [0.29, 0.717) is 17.5 Å². The molecule has 0 radical (unpaired) electrons. The Hall–Kier alpha value is -9.71. The van der Waals surface area contributed by atoms with E-state index in [1.807, 2.05) is 24.3 Å². The van der Waals surface area contributed by atoms with Crippen molar-refractivity contribution in [2.24, 2.45) is 0 Å². The summed E-state index contributed by atoms with van der Waals surface area (Å²) in [5.41, 5.74) is 16.5. The first-order chi connectivity index (χ1) is 35.7. The predicted molar refractivity (Wildman–Crippen MR) is 299 cm³/mol. The van der Waals surface area contributed by atoms with Crippen molar-refractivity contribution in [3.8, 4) is 78.9 Å². The molecular weight excluding hydrogens is 875 g/mol. The van der Waals surface area contributed by atoms with E-state index in [1.54, 1.807) is 0 Å². The first-order valence-electron chi connectivity index (χ1n) is 24.4. The summed E-state index contributed by atoms with van der Waals surface area (Å²) in [5.74, 6) is 1.85. The fourth-order valence-corrected chi connectivity index (χ4v) is 10.8. The standard InChI is InChI=1S/C67H43N5/c1-3-16-44(17-4-1)50-21-13-22-51(42-50)66-68-65(49-19-5-2-6-20-49)69-67(70-66)52-23-14-24-54(43-52)72-63-56(28-15-29-59(63)60-41-38-47-18-7-8-25-55(47)64(60)72)48-34-32-45(33-35-48)46-36-39-53(40-37-46)71-61-30-11-9-26-57(61)58-27-10-12-31-62(58)71/h1-43H. The number of aromatic nitrogens is 5. The molecule has 3 heterocycles. The van der Waals surface area contributed by atoms with Crippen LogP contribution in [-0.2, 0) is 0 Å². The highest BCUT2D eigenvalue weighted by atomic mass is 15.0. The molecule has 3 aromatic heterocycles. The monoisotopic (exact) mass is 917 g/mol. The first kappa shape index (κ1) is 41.3. The van der Waals surface area contributed by atoms with Gasteiger partial charge in [0.1, 0.15) is 0 Å². The van der Waals surface area contributed by atoms with Crippen molar-refractivity contribution in [1.29, 1.82) is 0 Å². The third-order valence-electron chi connectivity index (χ3n) is 14.2. The van der Waals surface area contributed by atoms with E-state index < -0.39 is 0 Å². The number of rotatable bonds is 8. The van der Waals surface area contributed by atoms with Gasteiger partial charge in [0.15, 0.2) is 17.5 Å². The van der Waals surface area contributed by atoms with Gasteiger partial charge in [0.2, 0.25) is 0 Å². The molecule has 0 spiro atoms. The molecule has 72 heavy (non-hydrogen) atoms. The summed E-state index contributed by atoms with van der Waals surface area (Å²) < 4.78 is 4.82. The summed E-state index contributed by atoms with van der Waals surface area (Å²) >= 11 is 0. The highest BCUT2D eigenvalue weighted by Crippen LogP contribution is 2.42. The second kappa shape index (κ2) is 17.1. The second-order valence-electron chi connectivity index (χ2n) is 18.4. The van der Waals surface area contributed by atoms with Crippen molar-refractivity contribution >= 4 is 54.4 Å². The zero-order chi connectivity index (χ0) is 47.5. The van der Waals surface area contributed by atoms with E-state index in [2.05, 4.69) is 246 Å². The fourth-order valence-electron chi connectivity index (χ4n) is 10.8. The number of fused-ring (bicyclic) bond motifs is 8. The Morgan fingerprint density at radius 3 is 1.40 bits per heavy atom. The van der Waals surface area contributed by atoms with Crippen LogP contribution in [-0.4, -0.2) is 24.1 Å². The molecule has 0 atom stereocenters. The molecule has 0 saturated carbocycles. The highest BCUT2D eigenvalue weighted by molar-refractivity contribution is 6.21. The lowest BCUT2D eigenvalue weighted by Gasteiger charge is -2.15. The normalized spacial score (nSPS) is 11.6. The Labute approximate surface area is 416 Å². The molecule has 0 fully saturated rings. The van der Waals surface area contributed by atoms with Gasteiger partial charge in [-0.1, -0.05) is 218 Å². The van der Waals surface area contributed by atoms with Gasteiger partial charge in [-0.2, -0.15) is 0 Å². The Kier molecular flexibility index (Phi) is 9.78. The molecular formula is C67H43N5. The van der Waals surface area contributed by atoms with Gasteiger partial charge in [-0.15, -0.1) is 0 Å². The van der Waals surface area contributed by atoms with Crippen LogP contribution in [0.25, 0.3) is 133 Å². The minimum absolute atomic E-state index is 0.607. The Morgan fingerprint density at radius 1 is 0.236 bits per heavy atom. The number of para-hydroxylation sites is 3. The van der Waals surface area contributed by atoms with Gasteiger partial charge in [-0.3, -0.25) is 0 Å². The van der Waals surface area contributed by atoms with E-state index in [4.69, 9.17) is 15.0 Å². The lowest BCUT2D eigenvalue weighted by Crippen LogP contribution is -2.01. The predicted octanol–water partition coefficient (Wildman–Crippen LogP) is 17.2. The van der Waals surface area contributed by atoms with Crippen LogP contribution < -0.4 is 0 Å². The molecule has 0 amide bonds. The minimum Gasteiger partial charge on any atom is -0.309 e. The summed E-state index contributed by atoms with van der Waals surface area (Å²) in [6.45, 7) is 0. The maximum Gasteiger partial charge on any atom is 0.164 e. The Bertz CT molecular complexity index is 4310. The molecule has 0 aliphatic carbocycles. The van der Waals surface area contributed by atoms with E-state index >= 15 is 0 Å². The highest BCUT2D eigenvalue weighted by Gasteiger charge is 2.21. The number of hydrogen-bond donors (Lipinski definition) is 0. The Balaban J connectivity index is 0.894. The lowest BCUT2D eigenvalue weighted by atomic mass is 9.98. The summed E-state index contributed by atoms with van der Waals surface area (Å²) in [5, 5.41) is 7.29. The maximum absolute atomic E-state index is 5.24. The third-order valence-corrected chi connectivity index (χ3v) is 14.2. The van der Waals surface area contributed by atoms with Gasteiger partial charge in [0.05, 0.1) is 22.1 Å². The molecule has 14 rings (SSSR count). The second-order valence-corrected chi connectivity index (χ2v) is 18.4. The zero-order valence-electron chi connectivity index (χ0n) is 39.1. The van der Waals surface area contributed by atoms with Gasteiger partial charge >= 0.3 is 0 Å². The van der Waals surface area contributed by atoms with Crippen LogP contribution in [0.1, 0.15) is 0 Å². The molecule has 0 unspecified atom stereocenters. The van der Waals surface area contributed by atoms with Crippen LogP contribution >= 0.6 is 0 Å². The average Bonchev–Trinajstić information content (AvgIpc) is 3.99. The van der Waals surface area contributed by atoms with E-state index in [0.717, 1.165) is 66.9 Å². The summed E-state index contributed by atoms with van der Waals surface area (Å²) in [6.07, 6.45) is 0. The lowest BCUT2D eigenvalue weighted by molar-refractivity contribution is 1.07. The number of hydrogen-bond acceptors (Lipinski definition) is 3. The fraction of sp³-hybridized carbons (Fsp3) is 0. The molecule has 11 aromatic carbocycles. The zero-order valence-corrected chi connectivity index (χ0v) is 39.1. The van der Waals surface area contributed by atoms with Crippen molar-refractivity contribution < 1.29 is 0 Å². The summed E-state index contributed by atoms with van der Waals surface area (Å²) in [7, 11) is 0. The Morgan fingerprint density at radius 2 is 0.708 bits per heavy atom. The van der Waals surface area contributed by atoms with Gasteiger partial charge in [0, 0.05) is 60.6 Å². The quantitative estimate of drug-likeness (QED) is 0.153. The molecule has 0 aliphatic rings. The van der Waals surface area contributed by atoms with Gasteiger partial charge in [-0.25, -0.2) is 15.0 Å². The molecule has 0 saturated heterocycles. The first-order valence-corrected chi connectivity index (χ1v) is 24.4. The molecule has 0 aliphatic heterocycles. The largest absolute Gasteiger partial charge is 0.309 e. The van der Waals surface area contributed by atoms with Crippen LogP contribution in [0.2, 0.25) is 0 Å². The average molecular weight is 918 g/mol. The van der Waals surface area contributed by atoms with E-state index in [9.17, 15) is 0 Å². The molecule has 0 N–H and O–H groups in total. The van der Waals surface area contributed by atoms with Crippen LogP contribution in [0.5, 0.6) is 0 Å². The van der Waals surface area contributed by atoms with Crippen LogP contribution in [0.15, 0.2) is 261 Å². The molecule has 14 aromatic rings. The van der Waals surface area contributed by atoms with Gasteiger partial charge in [0.25, 0.3) is 0 Å². The summed E-state index contributed by atoms with van der Waals surface area (Å²) in [4.78, 5) is 15.5. The van der Waals surface area contributed by atoms with Crippen LogP contribution in [0, 0.1) is 0 Å². The topological polar surface area (TPSA) is 48.5 Å². The van der Waals surface area contributed by atoms with Crippen LogP contribution in [0.3, 0.4) is 0 Å².